The zero-order valence-corrected chi connectivity index (χ0v) is 19.0. The Morgan fingerprint density at radius 3 is 2.49 bits per heavy atom. The van der Waals surface area contributed by atoms with Crippen molar-refractivity contribution in [2.45, 2.75) is 24.8 Å². The van der Waals surface area contributed by atoms with Crippen molar-refractivity contribution in [1.82, 2.24) is 29.9 Å². The van der Waals surface area contributed by atoms with Crippen LogP contribution in [0.25, 0.3) is 45.0 Å². The number of aromatic amines is 1. The minimum absolute atomic E-state index is 0.203. The molecule has 0 atom stereocenters. The van der Waals surface area contributed by atoms with E-state index in [1.54, 1.807) is 0 Å². The number of fused-ring (bicyclic) bond motifs is 3. The van der Waals surface area contributed by atoms with Crippen molar-refractivity contribution < 1.29 is 4.40 Å². The Bertz CT molecular complexity index is 1660. The molecule has 1 saturated carbocycles. The van der Waals surface area contributed by atoms with Crippen LogP contribution >= 0.6 is 0 Å². The van der Waals surface area contributed by atoms with Crippen LogP contribution in [0.4, 0.5) is 0 Å². The number of rotatable bonds is 4. The summed E-state index contributed by atoms with van der Waals surface area (Å²) in [6.07, 6.45) is 8.63. The molecule has 6 aromatic rings. The maximum Gasteiger partial charge on any atom is 0.351 e. The third-order valence-corrected chi connectivity index (χ3v) is 7.06. The van der Waals surface area contributed by atoms with E-state index in [9.17, 15) is 0 Å². The number of hydrogen-bond acceptors (Lipinski definition) is 5. The predicted octanol–water partition coefficient (Wildman–Crippen LogP) is 3.95. The van der Waals surface area contributed by atoms with Gasteiger partial charge in [0.1, 0.15) is 12.0 Å². The number of H-pyrrole nitrogens is 1. The largest absolute Gasteiger partial charge is 0.351 e. The summed E-state index contributed by atoms with van der Waals surface area (Å²) < 4.78 is 3.98. The summed E-state index contributed by atoms with van der Waals surface area (Å²) in [6.45, 7) is 0. The van der Waals surface area contributed by atoms with Gasteiger partial charge in [0.05, 0.1) is 22.2 Å². The summed E-state index contributed by atoms with van der Waals surface area (Å²) in [5.41, 5.74) is 12.4. The molecule has 3 N–H and O–H groups in total. The van der Waals surface area contributed by atoms with E-state index in [0.717, 1.165) is 46.2 Å². The topological polar surface area (TPSA) is 102 Å². The summed E-state index contributed by atoms with van der Waals surface area (Å²) >= 11 is 0. The van der Waals surface area contributed by atoms with Gasteiger partial charge in [-0.05, 0) is 54.7 Å². The molecule has 1 aliphatic rings. The molecule has 1 fully saturated rings. The van der Waals surface area contributed by atoms with Crippen molar-refractivity contribution in [3.8, 4) is 28.5 Å². The number of aromatic nitrogens is 7. The van der Waals surface area contributed by atoms with Crippen LogP contribution in [0.2, 0.25) is 0 Å². The van der Waals surface area contributed by atoms with Crippen molar-refractivity contribution in [1.29, 1.82) is 0 Å². The molecule has 8 nitrogen and oxygen atoms in total. The van der Waals surface area contributed by atoms with Gasteiger partial charge in [0.15, 0.2) is 0 Å². The van der Waals surface area contributed by atoms with E-state index in [-0.39, 0.29) is 5.54 Å². The van der Waals surface area contributed by atoms with Crippen LogP contribution in [-0.4, -0.2) is 29.9 Å². The number of benzene rings is 2. The molecule has 4 heterocycles. The normalized spacial score (nSPS) is 14.9. The highest BCUT2D eigenvalue weighted by Crippen LogP contribution is 2.39. The molecule has 170 valence electrons. The van der Waals surface area contributed by atoms with Crippen molar-refractivity contribution in [2.24, 2.45) is 5.73 Å². The number of nitrogens with one attached hydrogen (secondary N) is 1. The predicted molar refractivity (Wildman–Crippen MR) is 133 cm³/mol. The molecular weight excluding hydrogens is 436 g/mol. The molecule has 0 aliphatic heterocycles. The van der Waals surface area contributed by atoms with Gasteiger partial charge in [0, 0.05) is 17.3 Å². The summed E-state index contributed by atoms with van der Waals surface area (Å²) in [5, 5.41) is 12.9. The standard InChI is InChI=1S/C27H23N8/c28-27(12-4-13-27)20-7-9-21(10-8-20)35-26-22-15-19(18-5-2-1-3-6-18)16-29-23(22)11-14-34(26)25(33-35)24-30-17-31-32-24/h1-3,5-11,14-17H,4,12-13,28H2,(H,30,31,32)/q+1. The Labute approximate surface area is 201 Å². The van der Waals surface area contributed by atoms with E-state index in [4.69, 9.17) is 15.8 Å². The van der Waals surface area contributed by atoms with Crippen LogP contribution in [0, 0.1) is 0 Å². The molecule has 0 spiro atoms. The molecule has 1 aliphatic carbocycles. The van der Waals surface area contributed by atoms with Gasteiger partial charge in [-0.3, -0.25) is 10.1 Å². The van der Waals surface area contributed by atoms with Crippen LogP contribution < -0.4 is 10.1 Å². The average Bonchev–Trinajstić information content (AvgIpc) is 3.56. The molecule has 0 saturated heterocycles. The maximum atomic E-state index is 6.56. The lowest BCUT2D eigenvalue weighted by Crippen LogP contribution is -2.43. The lowest BCUT2D eigenvalue weighted by molar-refractivity contribution is -0.499. The van der Waals surface area contributed by atoms with Gasteiger partial charge in [-0.15, -0.1) is 0 Å². The highest BCUT2D eigenvalue weighted by molar-refractivity contribution is 5.93. The first-order valence-electron chi connectivity index (χ1n) is 11.7. The lowest BCUT2D eigenvalue weighted by Gasteiger charge is -2.38. The van der Waals surface area contributed by atoms with E-state index >= 15 is 0 Å². The molecular formula is C27H23N8+. The van der Waals surface area contributed by atoms with Crippen molar-refractivity contribution in [2.75, 3.05) is 0 Å². The fourth-order valence-corrected chi connectivity index (χ4v) is 4.93. The molecule has 0 radical (unpaired) electrons. The van der Waals surface area contributed by atoms with Gasteiger partial charge in [0.25, 0.3) is 5.65 Å². The Hall–Kier alpha value is -4.43. The SMILES string of the molecule is NC1(c2ccc(-n3nc(-c4ncn[nH]4)[n+]4ccc5ncc(-c6ccccc6)cc5c34)cc2)CCC1. The first-order valence-corrected chi connectivity index (χ1v) is 11.7. The van der Waals surface area contributed by atoms with Crippen molar-refractivity contribution >= 4 is 16.6 Å². The van der Waals surface area contributed by atoms with Crippen LogP contribution in [-0.2, 0) is 5.54 Å². The summed E-state index contributed by atoms with van der Waals surface area (Å²) in [7, 11) is 0. The monoisotopic (exact) mass is 459 g/mol. The van der Waals surface area contributed by atoms with E-state index in [2.05, 4.69) is 57.6 Å². The van der Waals surface area contributed by atoms with Gasteiger partial charge < -0.3 is 5.73 Å². The molecule has 2 aromatic carbocycles. The maximum absolute atomic E-state index is 6.56. The Morgan fingerprint density at radius 1 is 0.943 bits per heavy atom. The molecule has 7 rings (SSSR count). The number of hydrogen-bond donors (Lipinski definition) is 2. The second-order valence-electron chi connectivity index (χ2n) is 9.16. The molecule has 0 amide bonds. The number of nitrogens with two attached hydrogens (primary N) is 1. The Morgan fingerprint density at radius 2 is 1.77 bits per heavy atom. The zero-order valence-electron chi connectivity index (χ0n) is 19.0. The number of nitrogens with zero attached hydrogens (tertiary/aromatic N) is 6. The second-order valence-corrected chi connectivity index (χ2v) is 9.16. The van der Waals surface area contributed by atoms with Gasteiger partial charge in [-0.25, -0.2) is 4.98 Å². The van der Waals surface area contributed by atoms with Crippen LogP contribution in [0.1, 0.15) is 24.8 Å². The molecule has 8 heteroatoms. The summed E-state index contributed by atoms with van der Waals surface area (Å²) in [6, 6.07) is 22.9. The van der Waals surface area contributed by atoms with Gasteiger partial charge in [-0.2, -0.15) is 9.50 Å². The first kappa shape index (κ1) is 20.0. The fourth-order valence-electron chi connectivity index (χ4n) is 4.93. The van der Waals surface area contributed by atoms with Crippen molar-refractivity contribution in [3.63, 3.8) is 0 Å². The fraction of sp³-hybridized carbons (Fsp3) is 0.148. The minimum Gasteiger partial charge on any atom is -0.321 e. The van der Waals surface area contributed by atoms with Crippen LogP contribution in [0.15, 0.2) is 85.5 Å². The summed E-state index contributed by atoms with van der Waals surface area (Å²) in [5.74, 6) is 1.26. The average molecular weight is 460 g/mol. The number of pyridine rings is 2. The van der Waals surface area contributed by atoms with E-state index in [1.165, 1.54) is 18.3 Å². The van der Waals surface area contributed by atoms with Crippen LogP contribution in [0.3, 0.4) is 0 Å². The molecule has 0 unspecified atom stereocenters. The Kier molecular flexibility index (Phi) is 4.31. The van der Waals surface area contributed by atoms with E-state index in [0.29, 0.717) is 11.6 Å². The van der Waals surface area contributed by atoms with Crippen molar-refractivity contribution in [3.05, 3.63) is 91.0 Å². The second kappa shape index (κ2) is 7.54. The summed E-state index contributed by atoms with van der Waals surface area (Å²) in [4.78, 5) is 9.13. The third-order valence-electron chi connectivity index (χ3n) is 7.06. The van der Waals surface area contributed by atoms with E-state index < -0.39 is 0 Å². The quantitative estimate of drug-likeness (QED) is 0.389. The first-order chi connectivity index (χ1) is 17.2. The highest BCUT2D eigenvalue weighted by atomic mass is 15.4. The molecule has 4 aromatic heterocycles. The Balaban J connectivity index is 1.48. The highest BCUT2D eigenvalue weighted by Gasteiger charge is 2.34. The van der Waals surface area contributed by atoms with Crippen LogP contribution in [0.5, 0.6) is 0 Å². The zero-order chi connectivity index (χ0) is 23.4. The minimum atomic E-state index is -0.203. The van der Waals surface area contributed by atoms with Gasteiger partial charge in [0.2, 0.25) is 5.82 Å². The van der Waals surface area contributed by atoms with Gasteiger partial charge in [-0.1, -0.05) is 47.1 Å². The molecule has 0 bridgehead atoms. The third kappa shape index (κ3) is 3.14. The van der Waals surface area contributed by atoms with E-state index in [1.807, 2.05) is 45.7 Å². The smallest absolute Gasteiger partial charge is 0.321 e. The molecule has 35 heavy (non-hydrogen) atoms. The lowest BCUT2D eigenvalue weighted by atomic mass is 9.73. The van der Waals surface area contributed by atoms with Gasteiger partial charge >= 0.3 is 5.82 Å².